The number of carbonyl (C=O) groups is 1. The average Bonchev–Trinajstić information content (AvgIpc) is 3.22. The van der Waals surface area contributed by atoms with Crippen LogP contribution in [0.4, 0.5) is 5.95 Å². The normalized spacial score (nSPS) is 15.0. The largest absolute Gasteiger partial charge is 0.346 e. The van der Waals surface area contributed by atoms with E-state index in [9.17, 15) is 4.79 Å². The topological polar surface area (TPSA) is 100 Å². The molecule has 1 aromatic heterocycles. The number of amides is 1. The highest BCUT2D eigenvalue weighted by Gasteiger charge is 2.25. The van der Waals surface area contributed by atoms with Gasteiger partial charge in [0.1, 0.15) is 0 Å². The molecule has 0 atom stereocenters. The second-order valence-electron chi connectivity index (χ2n) is 5.06. The molecule has 1 aliphatic rings. The molecule has 2 aromatic rings. The first-order chi connectivity index (χ1) is 11.6. The molecule has 0 saturated carbocycles. The Morgan fingerprint density at radius 2 is 2.17 bits per heavy atom. The van der Waals surface area contributed by atoms with Crippen molar-refractivity contribution < 1.29 is 18.5 Å². The number of carbonyl (C=O) groups excluding carboxylic acids is 1. The Hall–Kier alpha value is -2.01. The molecule has 9 nitrogen and oxygen atoms in total. The lowest BCUT2D eigenvalue weighted by Crippen LogP contribution is -2.17. The smallest absolute Gasteiger partial charge is 0.258 e. The van der Waals surface area contributed by atoms with Gasteiger partial charge < -0.3 is 13.7 Å². The van der Waals surface area contributed by atoms with Gasteiger partial charge >= 0.3 is 0 Å². The van der Waals surface area contributed by atoms with Crippen LogP contribution in [0.1, 0.15) is 27.8 Å². The lowest BCUT2D eigenvalue weighted by Gasteiger charge is -2.17. The molecule has 1 fully saturated rings. The predicted octanol–water partition coefficient (Wildman–Crippen LogP) is 1.47. The van der Waals surface area contributed by atoms with E-state index in [-0.39, 0.29) is 11.9 Å². The molecule has 128 valence electrons. The molecule has 0 spiro atoms. The minimum Gasteiger partial charge on any atom is -0.346 e. The monoisotopic (exact) mass is 351 g/mol. The third-order valence-electron chi connectivity index (χ3n) is 3.57. The lowest BCUT2D eigenvalue weighted by molar-refractivity contribution is -0.0461. The molecule has 0 radical (unpaired) electrons. The van der Waals surface area contributed by atoms with Crippen molar-refractivity contribution >= 4 is 23.9 Å². The van der Waals surface area contributed by atoms with Crippen molar-refractivity contribution in [2.75, 3.05) is 25.6 Å². The van der Waals surface area contributed by atoms with Crippen LogP contribution in [0, 0.1) is 6.92 Å². The Labute approximate surface area is 142 Å². The van der Waals surface area contributed by atoms with E-state index in [0.29, 0.717) is 18.8 Å². The Morgan fingerprint density at radius 3 is 2.79 bits per heavy atom. The number of benzene rings is 1. The van der Waals surface area contributed by atoms with E-state index in [1.54, 1.807) is 20.2 Å². The molecule has 1 saturated heterocycles. The van der Waals surface area contributed by atoms with Gasteiger partial charge in [-0.1, -0.05) is 11.2 Å². The maximum absolute atomic E-state index is 12.5. The van der Waals surface area contributed by atoms with Crippen LogP contribution < -0.4 is 5.32 Å². The van der Waals surface area contributed by atoms with E-state index >= 15 is 0 Å². The number of hydrogen-bond donors (Lipinski definition) is 1. The van der Waals surface area contributed by atoms with Gasteiger partial charge in [0.15, 0.2) is 6.29 Å². The average molecular weight is 351 g/mol. The summed E-state index contributed by atoms with van der Waals surface area (Å²) in [5.74, 6) is -0.0324. The Morgan fingerprint density at radius 1 is 1.42 bits per heavy atom. The third kappa shape index (κ3) is 3.26. The molecule has 1 N–H and O–H groups in total. The van der Waals surface area contributed by atoms with Crippen molar-refractivity contribution in [1.29, 1.82) is 0 Å². The number of aryl methyl sites for hydroxylation is 1. The van der Waals surface area contributed by atoms with Gasteiger partial charge in [-0.15, -0.1) is 0 Å². The Kier molecular flexibility index (Phi) is 5.09. The SMILES string of the molecule is COSc1c(C2OCCO2)ccc(C(=O)Nc2nnnn2C)c1C. The number of tetrazole rings is 1. The molecule has 0 unspecified atom stereocenters. The third-order valence-corrected chi connectivity index (χ3v) is 4.44. The number of aromatic nitrogens is 4. The maximum Gasteiger partial charge on any atom is 0.258 e. The summed E-state index contributed by atoms with van der Waals surface area (Å²) >= 11 is 1.17. The summed E-state index contributed by atoms with van der Waals surface area (Å²) in [7, 11) is 3.22. The van der Waals surface area contributed by atoms with Gasteiger partial charge in [0.25, 0.3) is 5.91 Å². The number of ether oxygens (including phenoxy) is 2. The number of nitrogens with zero attached hydrogens (tertiary/aromatic N) is 4. The summed E-state index contributed by atoms with van der Waals surface area (Å²) in [4.78, 5) is 13.3. The lowest BCUT2D eigenvalue weighted by atomic mass is 10.0. The first kappa shape index (κ1) is 16.8. The van der Waals surface area contributed by atoms with Crippen LogP contribution in [0.3, 0.4) is 0 Å². The molecule has 0 aliphatic carbocycles. The molecule has 3 rings (SSSR count). The predicted molar refractivity (Wildman–Crippen MR) is 85.4 cm³/mol. The van der Waals surface area contributed by atoms with Gasteiger partial charge in [0, 0.05) is 35.1 Å². The molecule has 0 bridgehead atoms. The summed E-state index contributed by atoms with van der Waals surface area (Å²) in [5, 5.41) is 13.6. The zero-order chi connectivity index (χ0) is 17.1. The number of nitrogens with one attached hydrogen (secondary N) is 1. The van der Waals surface area contributed by atoms with Crippen molar-refractivity contribution in [3.05, 3.63) is 28.8 Å². The van der Waals surface area contributed by atoms with Crippen LogP contribution in [0.15, 0.2) is 17.0 Å². The van der Waals surface area contributed by atoms with Crippen molar-refractivity contribution in [2.24, 2.45) is 7.05 Å². The quantitative estimate of drug-likeness (QED) is 0.808. The molecule has 10 heteroatoms. The van der Waals surface area contributed by atoms with E-state index in [1.807, 2.05) is 13.0 Å². The van der Waals surface area contributed by atoms with Crippen LogP contribution >= 0.6 is 12.0 Å². The summed E-state index contributed by atoms with van der Waals surface area (Å²) in [5.41, 5.74) is 2.11. The van der Waals surface area contributed by atoms with Crippen LogP contribution in [0.5, 0.6) is 0 Å². The summed E-state index contributed by atoms with van der Waals surface area (Å²) < 4.78 is 17.7. The van der Waals surface area contributed by atoms with Gasteiger partial charge in [0.2, 0.25) is 5.95 Å². The second-order valence-corrected chi connectivity index (χ2v) is 5.97. The van der Waals surface area contributed by atoms with Gasteiger partial charge in [-0.2, -0.15) is 0 Å². The van der Waals surface area contributed by atoms with Crippen LogP contribution in [0.2, 0.25) is 0 Å². The Bertz CT molecular complexity index is 745. The highest BCUT2D eigenvalue weighted by Crippen LogP contribution is 2.36. The Balaban J connectivity index is 1.92. The van der Waals surface area contributed by atoms with Crippen molar-refractivity contribution in [2.45, 2.75) is 18.1 Å². The minimum atomic E-state index is -0.443. The van der Waals surface area contributed by atoms with Gasteiger partial charge in [0.05, 0.1) is 20.3 Å². The molecular formula is C14H17N5O4S. The fourth-order valence-corrected chi connectivity index (χ4v) is 3.04. The van der Waals surface area contributed by atoms with Gasteiger partial charge in [-0.25, -0.2) is 4.68 Å². The van der Waals surface area contributed by atoms with Crippen molar-refractivity contribution in [1.82, 2.24) is 20.2 Å². The summed E-state index contributed by atoms with van der Waals surface area (Å²) in [6.07, 6.45) is -0.443. The van der Waals surface area contributed by atoms with Crippen molar-refractivity contribution in [3.63, 3.8) is 0 Å². The first-order valence-corrected chi connectivity index (χ1v) is 7.97. The standard InChI is InChI=1S/C14H17N5O4S/c1-8-9(12(20)15-14-16-17-18-19(14)2)4-5-10(11(8)24-21-3)13-22-6-7-23-13/h4-5,13H,6-7H2,1-3H3,(H,15,16,18,20). The van der Waals surface area contributed by atoms with E-state index in [0.717, 1.165) is 16.0 Å². The van der Waals surface area contributed by atoms with E-state index in [1.165, 1.54) is 16.7 Å². The van der Waals surface area contributed by atoms with Crippen LogP contribution in [-0.2, 0) is 20.7 Å². The highest BCUT2D eigenvalue weighted by molar-refractivity contribution is 7.94. The number of anilines is 1. The second kappa shape index (κ2) is 7.26. The fourth-order valence-electron chi connectivity index (χ4n) is 2.38. The maximum atomic E-state index is 12.5. The van der Waals surface area contributed by atoms with Crippen LogP contribution in [0.25, 0.3) is 0 Å². The molecule has 2 heterocycles. The zero-order valence-electron chi connectivity index (χ0n) is 13.5. The van der Waals surface area contributed by atoms with Crippen molar-refractivity contribution in [3.8, 4) is 0 Å². The van der Waals surface area contributed by atoms with Crippen LogP contribution in [-0.4, -0.2) is 46.4 Å². The first-order valence-electron chi connectivity index (χ1n) is 7.23. The fraction of sp³-hybridized carbons (Fsp3) is 0.429. The molecule has 1 aromatic carbocycles. The number of rotatable bonds is 5. The van der Waals surface area contributed by atoms with E-state index < -0.39 is 6.29 Å². The molecule has 1 aliphatic heterocycles. The number of hydrogen-bond acceptors (Lipinski definition) is 8. The van der Waals surface area contributed by atoms with E-state index in [2.05, 4.69) is 20.8 Å². The molecule has 24 heavy (non-hydrogen) atoms. The molecule has 1 amide bonds. The minimum absolute atomic E-state index is 0.270. The zero-order valence-corrected chi connectivity index (χ0v) is 14.3. The van der Waals surface area contributed by atoms with E-state index in [4.69, 9.17) is 13.7 Å². The van der Waals surface area contributed by atoms with Gasteiger partial charge in [-0.3, -0.25) is 10.1 Å². The molecular weight excluding hydrogens is 334 g/mol. The summed E-state index contributed by atoms with van der Waals surface area (Å²) in [6, 6.07) is 3.54. The highest BCUT2D eigenvalue weighted by atomic mass is 32.2. The summed E-state index contributed by atoms with van der Waals surface area (Å²) in [6.45, 7) is 2.94. The van der Waals surface area contributed by atoms with Gasteiger partial charge in [-0.05, 0) is 29.0 Å².